The van der Waals surface area contributed by atoms with Crippen molar-refractivity contribution in [2.24, 2.45) is 22.9 Å². The fraction of sp³-hybridized carbons (Fsp3) is 0.867. The first kappa shape index (κ1) is 56.7. The van der Waals surface area contributed by atoms with Crippen molar-refractivity contribution >= 4 is 35.4 Å². The highest BCUT2D eigenvalue weighted by atomic mass is 16.2. The molecule has 350 valence electrons. The zero-order chi connectivity index (χ0) is 44.6. The van der Waals surface area contributed by atoms with E-state index in [0.29, 0.717) is 77.4 Å². The molecular formula is C45H89N9O6. The first-order chi connectivity index (χ1) is 29.0. The van der Waals surface area contributed by atoms with E-state index >= 15 is 0 Å². The second-order valence-corrected chi connectivity index (χ2v) is 16.5. The van der Waals surface area contributed by atoms with Crippen LogP contribution in [0.4, 0.5) is 0 Å². The Morgan fingerprint density at radius 2 is 0.717 bits per heavy atom. The average molecular weight is 852 g/mol. The zero-order valence-corrected chi connectivity index (χ0v) is 37.9. The number of carbonyl (C=O) groups excluding carboxylic acids is 6. The summed E-state index contributed by atoms with van der Waals surface area (Å²) in [5.41, 5.74) is 22.6. The van der Waals surface area contributed by atoms with Crippen LogP contribution in [0.5, 0.6) is 0 Å². The molecule has 13 N–H and O–H groups in total. The van der Waals surface area contributed by atoms with Crippen LogP contribution in [0.15, 0.2) is 0 Å². The summed E-state index contributed by atoms with van der Waals surface area (Å²) in [5, 5.41) is 13.9. The van der Waals surface area contributed by atoms with Gasteiger partial charge in [0.25, 0.3) is 0 Å². The van der Waals surface area contributed by atoms with Gasteiger partial charge >= 0.3 is 0 Å². The van der Waals surface area contributed by atoms with E-state index in [0.717, 1.165) is 44.9 Å². The Bertz CT molecular complexity index is 1140. The van der Waals surface area contributed by atoms with Crippen LogP contribution in [0.3, 0.4) is 0 Å². The summed E-state index contributed by atoms with van der Waals surface area (Å²) in [4.78, 5) is 79.6. The normalized spacial score (nSPS) is 13.2. The van der Waals surface area contributed by atoms with Crippen molar-refractivity contribution in [1.82, 2.24) is 26.6 Å². The highest BCUT2D eigenvalue weighted by molar-refractivity contribution is 5.95. The predicted octanol–water partition coefficient (Wildman–Crippen LogP) is 4.76. The van der Waals surface area contributed by atoms with Gasteiger partial charge in [0.2, 0.25) is 35.4 Å². The van der Waals surface area contributed by atoms with Crippen LogP contribution in [-0.4, -0.2) is 85.8 Å². The first-order valence-electron chi connectivity index (χ1n) is 23.9. The third kappa shape index (κ3) is 31.6. The molecule has 0 rings (SSSR count). The molecule has 0 bridgehead atoms. The third-order valence-corrected chi connectivity index (χ3v) is 10.9. The number of hydrogen-bond donors (Lipinski definition) is 9. The molecule has 0 spiro atoms. The van der Waals surface area contributed by atoms with Crippen molar-refractivity contribution in [3.05, 3.63) is 0 Å². The van der Waals surface area contributed by atoms with Crippen LogP contribution in [0.25, 0.3) is 0 Å². The largest absolute Gasteiger partial charge is 0.368 e. The number of rotatable bonds is 42. The second-order valence-electron chi connectivity index (χ2n) is 16.5. The van der Waals surface area contributed by atoms with Gasteiger partial charge in [0, 0.05) is 19.4 Å². The molecule has 6 amide bonds. The second kappa shape index (κ2) is 39.8. The zero-order valence-electron chi connectivity index (χ0n) is 37.9. The quantitative estimate of drug-likeness (QED) is 0.0383. The number of unbranched alkanes of at least 4 members (excludes halogenated alkanes) is 19. The standard InChI is InChI=1S/C45H89N9O6/c1-3-5-7-9-11-13-15-17-19-30-40(55)50-35-39(51-41(56)31-20-18-16-14-12-10-8-6-4-2)45(60)54-38(29-23-26-34-48)44(59)53-37(28-22-25-33-47)43(58)52-36(42(49)57)27-21-24-32-46/h36-39H,3-35,46-48H2,1-2H3,(H2,49,57)(H,50,55)(H,51,56)(H,52,58)(H,53,59)(H,54,60)/t36-,37-,38-,39?/m0/s1. The van der Waals surface area contributed by atoms with Gasteiger partial charge in [-0.2, -0.15) is 0 Å². The molecule has 60 heavy (non-hydrogen) atoms. The van der Waals surface area contributed by atoms with Crippen molar-refractivity contribution < 1.29 is 28.8 Å². The maximum atomic E-state index is 13.9. The maximum absolute atomic E-state index is 13.9. The molecule has 1 unspecified atom stereocenters. The van der Waals surface area contributed by atoms with Crippen molar-refractivity contribution in [1.29, 1.82) is 0 Å². The highest BCUT2D eigenvalue weighted by Gasteiger charge is 2.31. The molecule has 0 saturated heterocycles. The first-order valence-corrected chi connectivity index (χ1v) is 23.9. The molecule has 15 heteroatoms. The molecule has 0 aliphatic heterocycles. The minimum absolute atomic E-state index is 0.133. The van der Waals surface area contributed by atoms with Crippen LogP contribution < -0.4 is 49.5 Å². The Balaban J connectivity index is 5.80. The number of nitrogens with two attached hydrogens (primary N) is 4. The summed E-state index contributed by atoms with van der Waals surface area (Å²) >= 11 is 0. The summed E-state index contributed by atoms with van der Waals surface area (Å²) in [6, 6.07) is -4.16. The van der Waals surface area contributed by atoms with Crippen LogP contribution in [0.2, 0.25) is 0 Å². The lowest BCUT2D eigenvalue weighted by molar-refractivity contribution is -0.134. The number of carbonyl (C=O) groups is 6. The van der Waals surface area contributed by atoms with Crippen LogP contribution in [0.1, 0.15) is 200 Å². The lowest BCUT2D eigenvalue weighted by Gasteiger charge is -2.26. The smallest absolute Gasteiger partial charge is 0.245 e. The lowest BCUT2D eigenvalue weighted by atomic mass is 10.0. The van der Waals surface area contributed by atoms with E-state index in [4.69, 9.17) is 22.9 Å². The SMILES string of the molecule is CCCCCCCCCCCC(=O)NCC(NC(=O)CCCCCCCCCCC)C(=O)N[C@@H](CCCCN)C(=O)N[C@@H](CCCCN)C(=O)N[C@@H](CCCCN)C(N)=O. The summed E-state index contributed by atoms with van der Waals surface area (Å²) in [6.45, 7) is 5.48. The van der Waals surface area contributed by atoms with Crippen molar-refractivity contribution in [3.63, 3.8) is 0 Å². The highest BCUT2D eigenvalue weighted by Crippen LogP contribution is 2.13. The van der Waals surface area contributed by atoms with Gasteiger partial charge in [-0.3, -0.25) is 28.8 Å². The van der Waals surface area contributed by atoms with Crippen molar-refractivity contribution in [2.75, 3.05) is 26.2 Å². The molecular weight excluding hydrogens is 763 g/mol. The number of nitrogens with one attached hydrogen (secondary N) is 5. The topological polar surface area (TPSA) is 267 Å². The molecule has 0 aromatic rings. The van der Waals surface area contributed by atoms with Gasteiger partial charge in [-0.05, 0) is 90.3 Å². The van der Waals surface area contributed by atoms with Gasteiger partial charge in [-0.15, -0.1) is 0 Å². The number of hydrogen-bond acceptors (Lipinski definition) is 9. The monoisotopic (exact) mass is 852 g/mol. The third-order valence-electron chi connectivity index (χ3n) is 10.9. The average Bonchev–Trinajstić information content (AvgIpc) is 3.22. The van der Waals surface area contributed by atoms with Gasteiger partial charge < -0.3 is 49.5 Å². The van der Waals surface area contributed by atoms with E-state index < -0.39 is 47.8 Å². The Morgan fingerprint density at radius 1 is 0.383 bits per heavy atom. The fourth-order valence-electron chi connectivity index (χ4n) is 7.09. The van der Waals surface area contributed by atoms with E-state index in [2.05, 4.69) is 40.4 Å². The molecule has 0 fully saturated rings. The van der Waals surface area contributed by atoms with E-state index in [1.807, 2.05) is 0 Å². The molecule has 0 aromatic heterocycles. The Kier molecular flexibility index (Phi) is 37.6. The molecule has 15 nitrogen and oxygen atoms in total. The predicted molar refractivity (Wildman–Crippen MR) is 242 cm³/mol. The van der Waals surface area contributed by atoms with Crippen LogP contribution in [0, 0.1) is 0 Å². The molecule has 0 aliphatic carbocycles. The maximum Gasteiger partial charge on any atom is 0.245 e. The summed E-state index contributed by atoms with van der Waals surface area (Å²) in [5.74, 6) is -2.98. The van der Waals surface area contributed by atoms with Crippen molar-refractivity contribution in [3.8, 4) is 0 Å². The van der Waals surface area contributed by atoms with E-state index in [1.54, 1.807) is 0 Å². The molecule has 0 heterocycles. The van der Waals surface area contributed by atoms with E-state index in [1.165, 1.54) is 64.2 Å². The number of primary amides is 1. The van der Waals surface area contributed by atoms with Gasteiger partial charge in [0.15, 0.2) is 0 Å². The molecule has 0 aliphatic rings. The molecule has 0 radical (unpaired) electrons. The minimum atomic E-state index is -1.12. The summed E-state index contributed by atoms with van der Waals surface area (Å²) in [6.07, 6.45) is 24.8. The molecule has 4 atom stereocenters. The van der Waals surface area contributed by atoms with Crippen LogP contribution in [-0.2, 0) is 28.8 Å². The van der Waals surface area contributed by atoms with Gasteiger partial charge in [0.05, 0.1) is 0 Å². The fourth-order valence-corrected chi connectivity index (χ4v) is 7.09. The summed E-state index contributed by atoms with van der Waals surface area (Å²) in [7, 11) is 0. The van der Waals surface area contributed by atoms with Crippen LogP contribution >= 0.6 is 0 Å². The Hall–Kier alpha value is -3.30. The van der Waals surface area contributed by atoms with Gasteiger partial charge in [-0.1, -0.05) is 117 Å². The van der Waals surface area contributed by atoms with Gasteiger partial charge in [0.1, 0.15) is 24.2 Å². The Morgan fingerprint density at radius 3 is 1.10 bits per heavy atom. The molecule has 0 saturated carbocycles. The van der Waals surface area contributed by atoms with Crippen molar-refractivity contribution in [2.45, 2.75) is 224 Å². The Labute approximate surface area is 363 Å². The van der Waals surface area contributed by atoms with E-state index in [9.17, 15) is 28.8 Å². The molecule has 0 aromatic carbocycles. The minimum Gasteiger partial charge on any atom is -0.368 e. The van der Waals surface area contributed by atoms with E-state index in [-0.39, 0.29) is 37.6 Å². The number of amides is 6. The lowest BCUT2D eigenvalue weighted by Crippen LogP contribution is -2.59. The summed E-state index contributed by atoms with van der Waals surface area (Å²) < 4.78 is 0. The van der Waals surface area contributed by atoms with Gasteiger partial charge in [-0.25, -0.2) is 0 Å².